The maximum absolute atomic E-state index is 12.7. The first-order valence-electron chi connectivity index (χ1n) is 10.4. The van der Waals surface area contributed by atoms with E-state index in [0.29, 0.717) is 35.0 Å². The van der Waals surface area contributed by atoms with Gasteiger partial charge in [-0.05, 0) is 80.6 Å². The lowest BCUT2D eigenvalue weighted by Gasteiger charge is -2.23. The molecule has 10 heteroatoms. The van der Waals surface area contributed by atoms with Crippen LogP contribution in [0.5, 0.6) is 11.5 Å². The predicted molar refractivity (Wildman–Crippen MR) is 124 cm³/mol. The molecule has 0 fully saturated rings. The number of aliphatic carboxylic acids is 1. The van der Waals surface area contributed by atoms with Gasteiger partial charge in [0.05, 0.1) is 18.4 Å². The first kappa shape index (κ1) is 25.5. The van der Waals surface area contributed by atoms with Crippen molar-refractivity contribution < 1.29 is 32.5 Å². The van der Waals surface area contributed by atoms with Crippen LogP contribution >= 0.6 is 11.9 Å². The molecule has 0 saturated carbocycles. The summed E-state index contributed by atoms with van der Waals surface area (Å²) in [6, 6.07) is 8.52. The lowest BCUT2D eigenvalue weighted by atomic mass is 10.1. The molecule has 3 rings (SSSR count). The fourth-order valence-electron chi connectivity index (χ4n) is 3.01. The predicted octanol–water partition coefficient (Wildman–Crippen LogP) is 6.00. The van der Waals surface area contributed by atoms with Crippen molar-refractivity contribution in [1.82, 2.24) is 9.19 Å². The number of aromatic nitrogens is 2. The Kier molecular flexibility index (Phi) is 7.50. The second-order valence-electron chi connectivity index (χ2n) is 8.19. The summed E-state index contributed by atoms with van der Waals surface area (Å²) in [5.74, 6) is 0.683. The SMILES string of the molecule is Cc1cc(OC(C)(C)C(=O)O)c(C)cc1OCCSn1cc(-c2ccc(C(F)(F)F)cc2)cn1. The number of carboxylic acids is 1. The van der Waals surface area contributed by atoms with E-state index >= 15 is 0 Å². The minimum absolute atomic E-state index is 0.390. The molecule has 0 atom stereocenters. The molecule has 0 unspecified atom stereocenters. The summed E-state index contributed by atoms with van der Waals surface area (Å²) in [6.45, 7) is 7.04. The molecule has 182 valence electrons. The van der Waals surface area contributed by atoms with E-state index in [9.17, 15) is 23.1 Å². The topological polar surface area (TPSA) is 73.6 Å². The molecule has 1 N–H and O–H groups in total. The summed E-state index contributed by atoms with van der Waals surface area (Å²) in [6.07, 6.45) is -1.02. The van der Waals surface area contributed by atoms with Crippen LogP contribution in [0.25, 0.3) is 11.1 Å². The van der Waals surface area contributed by atoms with Gasteiger partial charge >= 0.3 is 12.1 Å². The van der Waals surface area contributed by atoms with Gasteiger partial charge in [-0.25, -0.2) is 8.88 Å². The quantitative estimate of drug-likeness (QED) is 0.368. The second kappa shape index (κ2) is 10.0. The van der Waals surface area contributed by atoms with E-state index in [1.54, 1.807) is 22.5 Å². The van der Waals surface area contributed by atoms with Crippen LogP contribution in [0.2, 0.25) is 0 Å². The summed E-state index contributed by atoms with van der Waals surface area (Å²) in [5, 5.41) is 13.5. The number of ether oxygens (including phenoxy) is 2. The van der Waals surface area contributed by atoms with Crippen LogP contribution in [-0.2, 0) is 11.0 Å². The molecule has 0 amide bonds. The van der Waals surface area contributed by atoms with E-state index < -0.39 is 23.3 Å². The Morgan fingerprint density at radius 3 is 2.29 bits per heavy atom. The van der Waals surface area contributed by atoms with Crippen molar-refractivity contribution in [1.29, 1.82) is 0 Å². The molecule has 3 aromatic rings. The van der Waals surface area contributed by atoms with Gasteiger partial charge in [-0.1, -0.05) is 12.1 Å². The molecule has 1 aromatic heterocycles. The Morgan fingerprint density at radius 2 is 1.68 bits per heavy atom. The average molecular weight is 495 g/mol. The molecule has 0 aliphatic heterocycles. The molecule has 0 radical (unpaired) electrons. The number of carbonyl (C=O) groups is 1. The van der Waals surface area contributed by atoms with E-state index in [1.165, 1.54) is 37.9 Å². The van der Waals surface area contributed by atoms with Crippen LogP contribution in [0, 0.1) is 13.8 Å². The van der Waals surface area contributed by atoms with Gasteiger partial charge in [0, 0.05) is 17.5 Å². The Labute approximate surface area is 199 Å². The number of carboxylic acid groups (broad SMARTS) is 1. The highest BCUT2D eigenvalue weighted by atomic mass is 32.2. The van der Waals surface area contributed by atoms with E-state index in [1.807, 2.05) is 19.9 Å². The number of halogens is 3. The van der Waals surface area contributed by atoms with Crippen molar-refractivity contribution in [2.75, 3.05) is 12.4 Å². The van der Waals surface area contributed by atoms with Crippen LogP contribution in [-0.4, -0.2) is 38.2 Å². The number of hydrogen-bond acceptors (Lipinski definition) is 5. The molecule has 0 aliphatic rings. The van der Waals surface area contributed by atoms with Gasteiger partial charge in [0.1, 0.15) is 11.5 Å². The molecule has 34 heavy (non-hydrogen) atoms. The minimum atomic E-state index is -4.36. The molecule has 0 spiro atoms. The molecular weight excluding hydrogens is 469 g/mol. The van der Waals surface area contributed by atoms with Gasteiger partial charge in [0.25, 0.3) is 0 Å². The summed E-state index contributed by atoms with van der Waals surface area (Å²) < 4.78 is 51.3. The molecular formula is C24H25F3N2O4S. The zero-order valence-corrected chi connectivity index (χ0v) is 20.0. The normalized spacial score (nSPS) is 12.0. The van der Waals surface area contributed by atoms with E-state index in [4.69, 9.17) is 9.47 Å². The van der Waals surface area contributed by atoms with Crippen LogP contribution in [0.15, 0.2) is 48.8 Å². The molecule has 0 aliphatic carbocycles. The van der Waals surface area contributed by atoms with Crippen LogP contribution in [0.4, 0.5) is 13.2 Å². The highest BCUT2D eigenvalue weighted by Gasteiger charge is 2.31. The number of alkyl halides is 3. The van der Waals surface area contributed by atoms with Gasteiger partial charge in [-0.2, -0.15) is 18.3 Å². The highest BCUT2D eigenvalue weighted by molar-refractivity contribution is 7.97. The van der Waals surface area contributed by atoms with Gasteiger partial charge in [-0.15, -0.1) is 0 Å². The van der Waals surface area contributed by atoms with Crippen LogP contribution < -0.4 is 9.47 Å². The van der Waals surface area contributed by atoms with Crippen LogP contribution in [0.1, 0.15) is 30.5 Å². The first-order valence-corrected chi connectivity index (χ1v) is 11.3. The van der Waals surface area contributed by atoms with Crippen LogP contribution in [0.3, 0.4) is 0 Å². The Morgan fingerprint density at radius 1 is 1.06 bits per heavy atom. The van der Waals surface area contributed by atoms with Crippen molar-refractivity contribution in [2.24, 2.45) is 0 Å². The van der Waals surface area contributed by atoms with E-state index in [0.717, 1.165) is 23.3 Å². The smallest absolute Gasteiger partial charge is 0.416 e. The number of rotatable bonds is 9. The molecule has 0 saturated heterocycles. The maximum Gasteiger partial charge on any atom is 0.416 e. The lowest BCUT2D eigenvalue weighted by molar-refractivity contribution is -0.152. The van der Waals surface area contributed by atoms with Crippen molar-refractivity contribution in [3.05, 3.63) is 65.5 Å². The average Bonchev–Trinajstić information content (AvgIpc) is 3.22. The fraction of sp³-hybridized carbons (Fsp3) is 0.333. The number of aryl methyl sites for hydroxylation is 2. The highest BCUT2D eigenvalue weighted by Crippen LogP contribution is 2.32. The number of benzene rings is 2. The zero-order chi connectivity index (χ0) is 25.1. The van der Waals surface area contributed by atoms with Crippen molar-refractivity contribution in [3.8, 4) is 22.6 Å². The third-order valence-electron chi connectivity index (χ3n) is 5.02. The largest absolute Gasteiger partial charge is 0.492 e. The molecule has 1 heterocycles. The van der Waals surface area contributed by atoms with Crippen molar-refractivity contribution in [2.45, 2.75) is 39.5 Å². The Hall–Kier alpha value is -3.14. The summed E-state index contributed by atoms with van der Waals surface area (Å²) in [4.78, 5) is 11.3. The maximum atomic E-state index is 12.7. The third-order valence-corrected chi connectivity index (χ3v) is 5.84. The third kappa shape index (κ3) is 6.25. The second-order valence-corrected chi connectivity index (χ2v) is 9.23. The molecule has 2 aromatic carbocycles. The fourth-order valence-corrected chi connectivity index (χ4v) is 3.65. The summed E-state index contributed by atoms with van der Waals surface area (Å²) >= 11 is 1.40. The van der Waals surface area contributed by atoms with E-state index in [-0.39, 0.29) is 0 Å². The van der Waals surface area contributed by atoms with Crippen molar-refractivity contribution >= 4 is 17.9 Å². The number of nitrogens with zero attached hydrogens (tertiary/aromatic N) is 2. The monoisotopic (exact) mass is 494 g/mol. The standard InChI is InChI=1S/C24H25F3N2O4S/c1-15-12-21(33-23(3,4)22(30)31)16(2)11-20(15)32-9-10-34-29-14-18(13-28-29)17-5-7-19(8-6-17)24(25,26)27/h5-8,11-14H,9-10H2,1-4H3,(H,30,31). The zero-order valence-electron chi connectivity index (χ0n) is 19.1. The van der Waals surface area contributed by atoms with E-state index in [2.05, 4.69) is 5.10 Å². The summed E-state index contributed by atoms with van der Waals surface area (Å²) in [5.41, 5.74) is 0.903. The van der Waals surface area contributed by atoms with Gasteiger partial charge < -0.3 is 14.6 Å². The van der Waals surface area contributed by atoms with Gasteiger partial charge in [0.15, 0.2) is 5.60 Å². The molecule has 0 bridgehead atoms. The van der Waals surface area contributed by atoms with Crippen molar-refractivity contribution in [3.63, 3.8) is 0 Å². The lowest BCUT2D eigenvalue weighted by Crippen LogP contribution is -2.38. The number of hydrogen-bond donors (Lipinski definition) is 1. The Bertz CT molecular complexity index is 1160. The molecule has 6 nitrogen and oxygen atoms in total. The van der Waals surface area contributed by atoms with Gasteiger partial charge in [-0.3, -0.25) is 0 Å². The minimum Gasteiger partial charge on any atom is -0.492 e. The Balaban J connectivity index is 1.55. The van der Waals surface area contributed by atoms with Gasteiger partial charge in [0.2, 0.25) is 0 Å². The first-order chi connectivity index (χ1) is 15.9. The summed E-state index contributed by atoms with van der Waals surface area (Å²) in [7, 11) is 0.